The monoisotopic (exact) mass is 632 g/mol. The van der Waals surface area contributed by atoms with Crippen molar-refractivity contribution in [2.24, 2.45) is 45.7 Å². The van der Waals surface area contributed by atoms with Crippen molar-refractivity contribution in [1.82, 2.24) is 5.32 Å². The number of ether oxygens (including phenoxy) is 3. The predicted octanol–water partition coefficient (Wildman–Crippen LogP) is 5.23. The molecule has 6 rings (SSSR count). The molecule has 45 heavy (non-hydrogen) atoms. The van der Waals surface area contributed by atoms with Crippen LogP contribution in [0.25, 0.3) is 0 Å². The number of carbonyl (C=O) groups excluding carboxylic acids is 2. The Hall–Kier alpha value is -1.42. The van der Waals surface area contributed by atoms with Crippen LogP contribution in [-0.4, -0.2) is 70.0 Å². The summed E-state index contributed by atoms with van der Waals surface area (Å²) in [5, 5.41) is 26.3. The zero-order valence-corrected chi connectivity index (χ0v) is 28.8. The lowest BCUT2D eigenvalue weighted by atomic mass is 9.49. The number of fused-ring (bicyclic) bond motifs is 1. The summed E-state index contributed by atoms with van der Waals surface area (Å²) in [6, 6.07) is 0.263. The van der Waals surface area contributed by atoms with E-state index in [4.69, 9.17) is 19.9 Å². The summed E-state index contributed by atoms with van der Waals surface area (Å²) >= 11 is 0. The summed E-state index contributed by atoms with van der Waals surface area (Å²) in [5.74, 6) is 0.441. The smallest absolute Gasteiger partial charge is 0.407 e. The number of carbonyl (C=O) groups is 2. The summed E-state index contributed by atoms with van der Waals surface area (Å²) in [7, 11) is 0. The van der Waals surface area contributed by atoms with Gasteiger partial charge in [0.2, 0.25) is 0 Å². The summed E-state index contributed by atoms with van der Waals surface area (Å²) in [5.41, 5.74) is 5.25. The van der Waals surface area contributed by atoms with Crippen LogP contribution in [0, 0.1) is 39.9 Å². The normalized spacial score (nSPS) is 46.6. The molecule has 1 heterocycles. The summed E-state index contributed by atoms with van der Waals surface area (Å²) in [6.45, 7) is 13.5. The zero-order chi connectivity index (χ0) is 32.7. The first-order valence-corrected chi connectivity index (χ1v) is 17.9. The van der Waals surface area contributed by atoms with Crippen LogP contribution in [0.15, 0.2) is 0 Å². The van der Waals surface area contributed by atoms with Gasteiger partial charge in [0, 0.05) is 23.9 Å². The number of hydrogen-bond acceptors (Lipinski definition) is 8. The van der Waals surface area contributed by atoms with Crippen LogP contribution in [0.5, 0.6) is 0 Å². The molecule has 1 aliphatic heterocycles. The molecule has 0 bridgehead atoms. The van der Waals surface area contributed by atoms with E-state index in [0.717, 1.165) is 64.2 Å². The highest BCUT2D eigenvalue weighted by atomic mass is 16.6. The lowest BCUT2D eigenvalue weighted by molar-refractivity contribution is -0.229. The van der Waals surface area contributed by atoms with E-state index in [-0.39, 0.29) is 52.2 Å². The van der Waals surface area contributed by atoms with Gasteiger partial charge in [-0.1, -0.05) is 27.2 Å². The maximum absolute atomic E-state index is 12.8. The fraction of sp³-hybridized carbons (Fsp3) is 0.944. The van der Waals surface area contributed by atoms with Gasteiger partial charge in [-0.15, -0.1) is 0 Å². The highest BCUT2D eigenvalue weighted by molar-refractivity contribution is 5.68. The lowest BCUT2D eigenvalue weighted by Gasteiger charge is -2.58. The number of rotatable bonds is 5. The molecule has 1 amide bonds. The van der Waals surface area contributed by atoms with Crippen LogP contribution in [0.4, 0.5) is 4.79 Å². The molecule has 12 atom stereocenters. The third-order valence-corrected chi connectivity index (χ3v) is 14.1. The molecule has 0 aromatic carbocycles. The van der Waals surface area contributed by atoms with Gasteiger partial charge in [0.05, 0.1) is 23.9 Å². The first kappa shape index (κ1) is 33.5. The van der Waals surface area contributed by atoms with E-state index < -0.39 is 41.5 Å². The van der Waals surface area contributed by atoms with E-state index in [2.05, 4.69) is 26.1 Å². The van der Waals surface area contributed by atoms with Gasteiger partial charge >= 0.3 is 12.1 Å². The van der Waals surface area contributed by atoms with Gasteiger partial charge in [-0.2, -0.15) is 0 Å². The van der Waals surface area contributed by atoms with Crippen molar-refractivity contribution in [2.75, 3.05) is 0 Å². The van der Waals surface area contributed by atoms with Crippen LogP contribution in [0.3, 0.4) is 0 Å². The maximum Gasteiger partial charge on any atom is 0.407 e. The standard InChI is InChI=1S/C36H60N2O7/c1-20-18-24(30(33(5,6)42)43-21(2)39)44-28-23(20)12-9-16-35-19-36(35)17-15-27(45-31(41)38-22-10-8-11-22)32(3,4)25(36)13-14-26(35)34(7,37)29(28)40/h20,22-30,40,42H,8-19,37H2,1-7H3,(H,38,41). The number of aliphatic hydroxyl groups is 2. The summed E-state index contributed by atoms with van der Waals surface area (Å²) in [4.78, 5) is 24.8. The fourth-order valence-electron chi connectivity index (χ4n) is 11.7. The van der Waals surface area contributed by atoms with Crippen molar-refractivity contribution in [3.63, 3.8) is 0 Å². The number of alkyl carbamates (subject to hydrolysis) is 1. The molecule has 6 aliphatic rings. The van der Waals surface area contributed by atoms with Gasteiger partial charge in [0.25, 0.3) is 0 Å². The van der Waals surface area contributed by atoms with Crippen LogP contribution in [-0.2, 0) is 19.0 Å². The maximum atomic E-state index is 12.8. The van der Waals surface area contributed by atoms with Crippen molar-refractivity contribution in [2.45, 2.75) is 173 Å². The van der Waals surface area contributed by atoms with Crippen LogP contribution in [0.2, 0.25) is 0 Å². The van der Waals surface area contributed by atoms with Crippen molar-refractivity contribution in [1.29, 1.82) is 0 Å². The number of hydrogen-bond donors (Lipinski definition) is 4. The van der Waals surface area contributed by atoms with E-state index in [1.165, 1.54) is 13.3 Å². The van der Waals surface area contributed by atoms with Crippen LogP contribution in [0.1, 0.15) is 126 Å². The van der Waals surface area contributed by atoms with Crippen molar-refractivity contribution in [3.05, 3.63) is 0 Å². The topological polar surface area (TPSA) is 140 Å². The number of nitrogens with two attached hydrogens (primary N) is 1. The molecule has 0 aromatic rings. The molecular formula is C36H60N2O7. The Kier molecular flexibility index (Phi) is 8.44. The number of aliphatic hydroxyl groups excluding tert-OH is 1. The summed E-state index contributed by atoms with van der Waals surface area (Å²) < 4.78 is 18.5. The lowest BCUT2D eigenvalue weighted by Crippen LogP contribution is -2.66. The van der Waals surface area contributed by atoms with Crippen LogP contribution < -0.4 is 11.1 Å². The van der Waals surface area contributed by atoms with Crippen molar-refractivity contribution in [3.8, 4) is 0 Å². The van der Waals surface area contributed by atoms with Gasteiger partial charge < -0.3 is 35.5 Å². The molecule has 9 heteroatoms. The van der Waals surface area contributed by atoms with Gasteiger partial charge in [0.1, 0.15) is 6.10 Å². The van der Waals surface area contributed by atoms with Gasteiger partial charge in [-0.05, 0) is 126 Å². The Morgan fingerprint density at radius 3 is 2.29 bits per heavy atom. The zero-order valence-electron chi connectivity index (χ0n) is 28.8. The van der Waals surface area contributed by atoms with Crippen LogP contribution >= 0.6 is 0 Å². The third kappa shape index (κ3) is 5.44. The first-order valence-electron chi connectivity index (χ1n) is 17.9. The molecule has 5 saturated carbocycles. The highest BCUT2D eigenvalue weighted by Gasteiger charge is 2.79. The number of nitrogens with one attached hydrogen (secondary N) is 1. The molecule has 256 valence electrons. The molecule has 1 saturated heterocycles. The molecule has 12 unspecified atom stereocenters. The van der Waals surface area contributed by atoms with E-state index >= 15 is 0 Å². The van der Waals surface area contributed by atoms with E-state index in [0.29, 0.717) is 12.3 Å². The quantitative estimate of drug-likeness (QED) is 0.302. The molecule has 9 nitrogen and oxygen atoms in total. The van der Waals surface area contributed by atoms with E-state index in [1.54, 1.807) is 13.8 Å². The molecule has 0 radical (unpaired) electrons. The minimum absolute atomic E-state index is 0.0559. The van der Waals surface area contributed by atoms with E-state index in [9.17, 15) is 19.8 Å². The number of esters is 1. The Morgan fingerprint density at radius 1 is 1.00 bits per heavy atom. The molecule has 5 N–H and O–H groups in total. The average molecular weight is 633 g/mol. The highest BCUT2D eigenvalue weighted by Crippen LogP contribution is 2.84. The molecule has 2 spiro atoms. The van der Waals surface area contributed by atoms with Gasteiger partial charge in [-0.25, -0.2) is 4.79 Å². The molecular weight excluding hydrogens is 572 g/mol. The van der Waals surface area contributed by atoms with Crippen molar-refractivity contribution >= 4 is 12.1 Å². The van der Waals surface area contributed by atoms with Gasteiger partial charge in [-0.3, -0.25) is 4.79 Å². The van der Waals surface area contributed by atoms with Gasteiger partial charge in [0.15, 0.2) is 6.10 Å². The minimum atomic E-state index is -1.30. The Bertz CT molecular complexity index is 1150. The first-order chi connectivity index (χ1) is 20.9. The molecule has 0 aromatic heterocycles. The Morgan fingerprint density at radius 2 is 1.67 bits per heavy atom. The minimum Gasteiger partial charge on any atom is -0.457 e. The SMILES string of the molecule is CC(=O)OC(C1CC(C)C2CCCC34CC35CCC(OC(=O)NC3CCC3)C(C)(C)C5CCC4C(C)(N)C(O)C2O1)C(C)(C)O. The Balaban J connectivity index is 1.24. The fourth-order valence-corrected chi connectivity index (χ4v) is 11.7. The van der Waals surface area contributed by atoms with Crippen molar-refractivity contribution < 1.29 is 34.0 Å². The largest absolute Gasteiger partial charge is 0.457 e. The molecule has 5 aliphatic carbocycles. The summed E-state index contributed by atoms with van der Waals surface area (Å²) in [6.07, 6.45) is 8.78. The predicted molar refractivity (Wildman–Crippen MR) is 170 cm³/mol. The second-order valence-electron chi connectivity index (χ2n) is 17.6. The third-order valence-electron chi connectivity index (χ3n) is 14.1. The second kappa shape index (κ2) is 11.3. The Labute approximate surface area is 270 Å². The number of amides is 1. The second-order valence-corrected chi connectivity index (χ2v) is 17.6. The van der Waals surface area contributed by atoms with E-state index in [1.807, 2.05) is 6.92 Å². The average Bonchev–Trinajstić information content (AvgIpc) is 3.58. The molecule has 6 fully saturated rings.